The monoisotopic (exact) mass is 202 g/mol. The van der Waals surface area contributed by atoms with Crippen molar-refractivity contribution in [3.63, 3.8) is 0 Å². The summed E-state index contributed by atoms with van der Waals surface area (Å²) in [5.41, 5.74) is 1.29. The van der Waals surface area contributed by atoms with Gasteiger partial charge < -0.3 is 4.74 Å². The number of hydrogen-bond acceptors (Lipinski definition) is 2. The fourth-order valence-corrected chi connectivity index (χ4v) is 1.71. The van der Waals surface area contributed by atoms with Gasteiger partial charge in [-0.1, -0.05) is 30.3 Å². The maximum absolute atomic E-state index is 11.1. The smallest absolute Gasteiger partial charge is 0.162 e. The van der Waals surface area contributed by atoms with E-state index in [4.69, 9.17) is 4.74 Å². The van der Waals surface area contributed by atoms with Crippen molar-refractivity contribution in [3.05, 3.63) is 48.2 Å². The van der Waals surface area contributed by atoms with E-state index >= 15 is 0 Å². The van der Waals surface area contributed by atoms with E-state index in [1.807, 2.05) is 18.2 Å². The van der Waals surface area contributed by atoms with E-state index in [9.17, 15) is 4.79 Å². The number of ether oxygens (including phenoxy) is 1. The summed E-state index contributed by atoms with van der Waals surface area (Å²) in [5.74, 6) is 0.166. The zero-order valence-electron chi connectivity index (χ0n) is 8.56. The minimum atomic E-state index is 0.0581. The molecule has 78 valence electrons. The zero-order valence-corrected chi connectivity index (χ0v) is 8.56. The topological polar surface area (TPSA) is 26.3 Å². The van der Waals surface area contributed by atoms with Crippen LogP contribution in [0.15, 0.2) is 42.7 Å². The first-order valence-corrected chi connectivity index (χ1v) is 5.23. The van der Waals surface area contributed by atoms with Crippen LogP contribution in [0.4, 0.5) is 0 Å². The number of carbonyl (C=O) groups excluding carboxylic acids is 1. The molecule has 2 nitrogen and oxygen atoms in total. The van der Waals surface area contributed by atoms with Crippen LogP contribution in [0.1, 0.15) is 18.4 Å². The van der Waals surface area contributed by atoms with Gasteiger partial charge in [-0.25, -0.2) is 0 Å². The molecular weight excluding hydrogens is 188 g/mol. The molecule has 0 unspecified atom stereocenters. The highest BCUT2D eigenvalue weighted by Gasteiger charge is 2.15. The van der Waals surface area contributed by atoms with Gasteiger partial charge in [-0.3, -0.25) is 4.79 Å². The van der Waals surface area contributed by atoms with Crippen LogP contribution < -0.4 is 0 Å². The Kier molecular flexibility index (Phi) is 3.18. The van der Waals surface area contributed by atoms with Gasteiger partial charge in [-0.2, -0.15) is 0 Å². The van der Waals surface area contributed by atoms with Crippen molar-refractivity contribution >= 4 is 5.78 Å². The number of allylic oxidation sites excluding steroid dienone is 1. The summed E-state index contributed by atoms with van der Waals surface area (Å²) in [4.78, 5) is 11.1. The van der Waals surface area contributed by atoms with Crippen molar-refractivity contribution in [2.45, 2.75) is 25.4 Å². The van der Waals surface area contributed by atoms with Gasteiger partial charge in [0, 0.05) is 12.5 Å². The first-order chi connectivity index (χ1) is 7.34. The van der Waals surface area contributed by atoms with Gasteiger partial charge in [0.05, 0.1) is 6.26 Å². The van der Waals surface area contributed by atoms with E-state index in [1.165, 1.54) is 17.9 Å². The molecule has 1 aliphatic heterocycles. The lowest BCUT2D eigenvalue weighted by Gasteiger charge is -2.18. The summed E-state index contributed by atoms with van der Waals surface area (Å²) < 4.78 is 5.37. The fraction of sp³-hybridized carbons (Fsp3) is 0.308. The molecule has 0 amide bonds. The molecule has 1 aromatic carbocycles. The van der Waals surface area contributed by atoms with E-state index in [0.29, 0.717) is 6.42 Å². The van der Waals surface area contributed by atoms with Crippen LogP contribution in [0.2, 0.25) is 0 Å². The van der Waals surface area contributed by atoms with Crippen LogP contribution in [0.3, 0.4) is 0 Å². The Morgan fingerprint density at radius 1 is 1.27 bits per heavy atom. The second-order valence-corrected chi connectivity index (χ2v) is 3.76. The third-order valence-electron chi connectivity index (χ3n) is 2.55. The molecule has 2 heteroatoms. The Balaban J connectivity index is 1.84. The van der Waals surface area contributed by atoms with Crippen molar-refractivity contribution in [1.29, 1.82) is 0 Å². The molecule has 0 saturated carbocycles. The van der Waals surface area contributed by atoms with Crippen molar-refractivity contribution in [3.8, 4) is 0 Å². The number of carbonyl (C=O) groups is 1. The molecule has 0 N–H and O–H groups in total. The van der Waals surface area contributed by atoms with Crippen LogP contribution in [0.25, 0.3) is 0 Å². The van der Waals surface area contributed by atoms with Crippen molar-refractivity contribution in [2.75, 3.05) is 0 Å². The van der Waals surface area contributed by atoms with Crippen LogP contribution in [-0.2, 0) is 16.0 Å². The van der Waals surface area contributed by atoms with Gasteiger partial charge in [0.2, 0.25) is 0 Å². The largest absolute Gasteiger partial charge is 0.497 e. The quantitative estimate of drug-likeness (QED) is 0.752. The summed E-state index contributed by atoms with van der Waals surface area (Å²) in [6, 6.07) is 10.3. The van der Waals surface area contributed by atoms with E-state index in [0.717, 1.165) is 12.8 Å². The standard InChI is InChI=1S/C13H14O2/c14-12-8-9-15-13(10-12)7-6-11-4-2-1-3-5-11/h1-5,8-9,13H,6-7,10H2/t13-/m1/s1. The van der Waals surface area contributed by atoms with Crippen molar-refractivity contribution in [1.82, 2.24) is 0 Å². The van der Waals surface area contributed by atoms with Gasteiger partial charge in [0.25, 0.3) is 0 Å². The molecule has 0 aromatic heterocycles. The lowest BCUT2D eigenvalue weighted by molar-refractivity contribution is -0.118. The third-order valence-corrected chi connectivity index (χ3v) is 2.55. The maximum atomic E-state index is 11.1. The molecule has 15 heavy (non-hydrogen) atoms. The summed E-state index contributed by atoms with van der Waals surface area (Å²) in [5, 5.41) is 0. The second kappa shape index (κ2) is 4.78. The van der Waals surface area contributed by atoms with E-state index < -0.39 is 0 Å². The lowest BCUT2D eigenvalue weighted by Crippen LogP contribution is -2.19. The second-order valence-electron chi connectivity index (χ2n) is 3.76. The highest BCUT2D eigenvalue weighted by atomic mass is 16.5. The maximum Gasteiger partial charge on any atom is 0.162 e. The van der Waals surface area contributed by atoms with Gasteiger partial charge in [0.15, 0.2) is 5.78 Å². The highest BCUT2D eigenvalue weighted by Crippen LogP contribution is 2.14. The van der Waals surface area contributed by atoms with Crippen LogP contribution in [0, 0.1) is 0 Å². The number of benzene rings is 1. The molecule has 2 rings (SSSR count). The number of rotatable bonds is 3. The average Bonchev–Trinajstić information content (AvgIpc) is 2.28. The molecule has 1 aliphatic rings. The average molecular weight is 202 g/mol. The molecule has 0 aliphatic carbocycles. The molecule has 1 heterocycles. The Morgan fingerprint density at radius 2 is 2.07 bits per heavy atom. The van der Waals surface area contributed by atoms with Crippen LogP contribution >= 0.6 is 0 Å². The minimum absolute atomic E-state index is 0.0581. The predicted molar refractivity (Wildman–Crippen MR) is 58.4 cm³/mol. The number of ketones is 1. The van der Waals surface area contributed by atoms with Gasteiger partial charge in [0.1, 0.15) is 6.10 Å². The van der Waals surface area contributed by atoms with Crippen molar-refractivity contribution in [2.24, 2.45) is 0 Å². The first kappa shape index (κ1) is 9.97. The summed E-state index contributed by atoms with van der Waals surface area (Å²) in [6.07, 6.45) is 5.46. The number of hydrogen-bond donors (Lipinski definition) is 0. The zero-order chi connectivity index (χ0) is 10.5. The molecule has 0 bridgehead atoms. The van der Waals surface area contributed by atoms with Gasteiger partial charge in [-0.15, -0.1) is 0 Å². The van der Waals surface area contributed by atoms with Gasteiger partial charge >= 0.3 is 0 Å². The Hall–Kier alpha value is -1.57. The highest BCUT2D eigenvalue weighted by molar-refractivity contribution is 5.90. The predicted octanol–water partition coefficient (Wildman–Crippen LogP) is 2.49. The Morgan fingerprint density at radius 3 is 2.80 bits per heavy atom. The molecule has 1 aromatic rings. The Bertz CT molecular complexity index is 354. The van der Waals surface area contributed by atoms with Crippen LogP contribution in [0.5, 0.6) is 0 Å². The molecule has 0 radical (unpaired) electrons. The van der Waals surface area contributed by atoms with E-state index in [1.54, 1.807) is 0 Å². The molecule has 0 fully saturated rings. The summed E-state index contributed by atoms with van der Waals surface area (Å²) in [6.45, 7) is 0. The van der Waals surface area contributed by atoms with Crippen LogP contribution in [-0.4, -0.2) is 11.9 Å². The summed E-state index contributed by atoms with van der Waals surface area (Å²) >= 11 is 0. The fourth-order valence-electron chi connectivity index (χ4n) is 1.71. The van der Waals surface area contributed by atoms with E-state index in [2.05, 4.69) is 12.1 Å². The van der Waals surface area contributed by atoms with Gasteiger partial charge in [-0.05, 0) is 18.4 Å². The lowest BCUT2D eigenvalue weighted by atomic mass is 10.0. The SMILES string of the molecule is O=C1C=CO[C@H](CCc2ccccc2)C1. The summed E-state index contributed by atoms with van der Waals surface area (Å²) in [7, 11) is 0. The van der Waals surface area contributed by atoms with Crippen molar-refractivity contribution < 1.29 is 9.53 Å². The molecule has 0 spiro atoms. The minimum Gasteiger partial charge on any atom is -0.497 e. The molecule has 0 saturated heterocycles. The first-order valence-electron chi connectivity index (χ1n) is 5.23. The normalized spacial score (nSPS) is 20.0. The Labute approximate surface area is 89.6 Å². The molecular formula is C13H14O2. The third kappa shape index (κ3) is 2.94. The molecule has 1 atom stereocenters. The van der Waals surface area contributed by atoms with E-state index in [-0.39, 0.29) is 11.9 Å². The number of aryl methyl sites for hydroxylation is 1.